The molecule has 0 bridgehead atoms. The van der Waals surface area contributed by atoms with Gasteiger partial charge in [-0.15, -0.1) is 24.0 Å². The van der Waals surface area contributed by atoms with Crippen LogP contribution in [0, 0.1) is 11.8 Å². The highest BCUT2D eigenvalue weighted by Crippen LogP contribution is 2.32. The summed E-state index contributed by atoms with van der Waals surface area (Å²) in [5.41, 5.74) is 0. The molecule has 0 spiro atoms. The summed E-state index contributed by atoms with van der Waals surface area (Å²) in [6.07, 6.45) is 4.27. The molecule has 2 fully saturated rings. The van der Waals surface area contributed by atoms with Crippen LogP contribution in [0.1, 0.15) is 53.4 Å². The van der Waals surface area contributed by atoms with Crippen LogP contribution >= 0.6 is 24.0 Å². The van der Waals surface area contributed by atoms with Crippen LogP contribution in [0.2, 0.25) is 0 Å². The van der Waals surface area contributed by atoms with Gasteiger partial charge in [0.05, 0.1) is 19.2 Å². The van der Waals surface area contributed by atoms with Crippen molar-refractivity contribution in [1.82, 2.24) is 20.9 Å². The van der Waals surface area contributed by atoms with Gasteiger partial charge in [-0.3, -0.25) is 4.99 Å². The van der Waals surface area contributed by atoms with E-state index in [1.165, 1.54) is 6.54 Å². The van der Waals surface area contributed by atoms with Gasteiger partial charge in [0.25, 0.3) is 0 Å². The molecule has 1 unspecified atom stereocenters. The highest BCUT2D eigenvalue weighted by molar-refractivity contribution is 14.0. The van der Waals surface area contributed by atoms with E-state index in [9.17, 15) is 4.79 Å². The molecule has 2 rings (SSSR count). The van der Waals surface area contributed by atoms with E-state index in [0.717, 1.165) is 57.2 Å². The molecule has 0 aromatic rings. The molecule has 0 aromatic carbocycles. The quantitative estimate of drug-likeness (QED) is 0.253. The third-order valence-corrected chi connectivity index (χ3v) is 5.11. The molecule has 2 aliphatic rings. The lowest BCUT2D eigenvalue weighted by molar-refractivity contribution is 0.147. The Bertz CT molecular complexity index is 477. The summed E-state index contributed by atoms with van der Waals surface area (Å²) >= 11 is 0. The van der Waals surface area contributed by atoms with Crippen LogP contribution in [0.25, 0.3) is 0 Å². The van der Waals surface area contributed by atoms with Crippen molar-refractivity contribution in [3.8, 4) is 0 Å². The smallest absolute Gasteiger partial charge is 0.407 e. The SMILES string of the molecule is CCNC(=NCC(NC(=O)OCC)C1CC1)NC1CCN(CC(C)C)CC1.I. The molecule has 1 amide bonds. The Morgan fingerprint density at radius 1 is 1.18 bits per heavy atom. The van der Waals surface area contributed by atoms with Gasteiger partial charge >= 0.3 is 6.09 Å². The number of amides is 1. The number of aliphatic imine (C=N–C) groups is 1. The highest BCUT2D eigenvalue weighted by Gasteiger charge is 2.32. The first kappa shape index (κ1) is 25.3. The van der Waals surface area contributed by atoms with E-state index in [1.807, 2.05) is 6.92 Å². The standard InChI is InChI=1S/C20H39N5O2.HI/c1-5-21-19(23-17-9-11-25(12-10-17)14-15(3)4)22-13-18(16-7-8-16)24-20(26)27-6-2;/h15-18H,5-14H2,1-4H3,(H,24,26)(H2,21,22,23);1H. The summed E-state index contributed by atoms with van der Waals surface area (Å²) in [6.45, 7) is 13.7. The minimum absolute atomic E-state index is 0. The first-order valence-electron chi connectivity index (χ1n) is 10.7. The molecule has 8 heteroatoms. The maximum atomic E-state index is 11.8. The summed E-state index contributed by atoms with van der Waals surface area (Å²) in [7, 11) is 0. The van der Waals surface area contributed by atoms with Crippen LogP contribution < -0.4 is 16.0 Å². The van der Waals surface area contributed by atoms with Crippen LogP contribution in [0.3, 0.4) is 0 Å². The Kier molecular flexibility index (Phi) is 12.1. The van der Waals surface area contributed by atoms with Crippen molar-refractivity contribution < 1.29 is 9.53 Å². The normalized spacial score (nSPS) is 19.7. The molecular weight excluding hydrogens is 469 g/mol. The zero-order chi connectivity index (χ0) is 19.6. The molecule has 164 valence electrons. The number of alkyl carbamates (subject to hydrolysis) is 1. The summed E-state index contributed by atoms with van der Waals surface area (Å²) < 4.78 is 5.03. The maximum Gasteiger partial charge on any atom is 0.407 e. The number of nitrogens with zero attached hydrogens (tertiary/aromatic N) is 2. The fourth-order valence-corrected chi connectivity index (χ4v) is 3.61. The van der Waals surface area contributed by atoms with E-state index < -0.39 is 0 Å². The zero-order valence-corrected chi connectivity index (χ0v) is 20.3. The molecule has 3 N–H and O–H groups in total. The van der Waals surface area contributed by atoms with E-state index in [0.29, 0.717) is 25.1 Å². The van der Waals surface area contributed by atoms with Crippen molar-refractivity contribution in [2.24, 2.45) is 16.8 Å². The molecule has 1 aliphatic heterocycles. The van der Waals surface area contributed by atoms with Crippen LogP contribution in [0.5, 0.6) is 0 Å². The molecule has 1 aliphatic carbocycles. The van der Waals surface area contributed by atoms with Gasteiger partial charge in [-0.1, -0.05) is 13.8 Å². The Labute approximate surface area is 187 Å². The van der Waals surface area contributed by atoms with Crippen molar-refractivity contribution in [3.05, 3.63) is 0 Å². The van der Waals surface area contributed by atoms with Crippen LogP contribution in [-0.2, 0) is 4.74 Å². The fraction of sp³-hybridized carbons (Fsp3) is 0.900. The molecule has 1 saturated heterocycles. The summed E-state index contributed by atoms with van der Waals surface area (Å²) in [4.78, 5) is 19.1. The fourth-order valence-electron chi connectivity index (χ4n) is 3.61. The third-order valence-electron chi connectivity index (χ3n) is 5.11. The van der Waals surface area contributed by atoms with Crippen LogP contribution in [0.4, 0.5) is 4.79 Å². The molecule has 7 nitrogen and oxygen atoms in total. The van der Waals surface area contributed by atoms with Gasteiger partial charge in [-0.05, 0) is 51.4 Å². The van der Waals surface area contributed by atoms with Gasteiger partial charge < -0.3 is 25.6 Å². The second kappa shape index (κ2) is 13.5. The topological polar surface area (TPSA) is 78.0 Å². The van der Waals surface area contributed by atoms with Crippen molar-refractivity contribution in [3.63, 3.8) is 0 Å². The molecular formula is C20H40IN5O2. The van der Waals surface area contributed by atoms with E-state index in [2.05, 4.69) is 41.6 Å². The minimum atomic E-state index is -0.333. The van der Waals surface area contributed by atoms with E-state index in [-0.39, 0.29) is 36.1 Å². The van der Waals surface area contributed by atoms with Crippen molar-refractivity contribution in [1.29, 1.82) is 0 Å². The third kappa shape index (κ3) is 9.62. The Hall–Kier alpha value is -0.770. The second-order valence-corrected chi connectivity index (χ2v) is 8.14. The van der Waals surface area contributed by atoms with Gasteiger partial charge in [0, 0.05) is 32.2 Å². The number of ether oxygens (including phenoxy) is 1. The Balaban J connectivity index is 0.00000392. The number of carbonyl (C=O) groups excluding carboxylic acids is 1. The number of nitrogens with one attached hydrogen (secondary N) is 3. The van der Waals surface area contributed by atoms with Gasteiger partial charge in [-0.25, -0.2) is 4.79 Å². The van der Waals surface area contributed by atoms with Gasteiger partial charge in [-0.2, -0.15) is 0 Å². The molecule has 28 heavy (non-hydrogen) atoms. The lowest BCUT2D eigenvalue weighted by atomic mass is 10.0. The van der Waals surface area contributed by atoms with Crippen molar-refractivity contribution >= 4 is 36.0 Å². The zero-order valence-electron chi connectivity index (χ0n) is 18.0. The predicted octanol–water partition coefficient (Wildman–Crippen LogP) is 2.80. The average molecular weight is 509 g/mol. The number of rotatable bonds is 9. The number of hydrogen-bond acceptors (Lipinski definition) is 4. The van der Waals surface area contributed by atoms with E-state index >= 15 is 0 Å². The number of likely N-dealkylation sites (tertiary alicyclic amines) is 1. The number of piperidine rings is 1. The van der Waals surface area contributed by atoms with E-state index in [4.69, 9.17) is 9.73 Å². The first-order valence-corrected chi connectivity index (χ1v) is 10.7. The lowest BCUT2D eigenvalue weighted by Crippen LogP contribution is -2.49. The van der Waals surface area contributed by atoms with Gasteiger partial charge in [0.1, 0.15) is 0 Å². The van der Waals surface area contributed by atoms with Gasteiger partial charge in [0.15, 0.2) is 5.96 Å². The van der Waals surface area contributed by atoms with Crippen molar-refractivity contribution in [2.75, 3.05) is 39.3 Å². The van der Waals surface area contributed by atoms with Crippen molar-refractivity contribution in [2.45, 2.75) is 65.5 Å². The molecule has 1 saturated carbocycles. The monoisotopic (exact) mass is 509 g/mol. The molecule has 0 radical (unpaired) electrons. The van der Waals surface area contributed by atoms with Crippen LogP contribution in [-0.4, -0.2) is 68.4 Å². The highest BCUT2D eigenvalue weighted by atomic mass is 127. The number of carbonyl (C=O) groups is 1. The number of halogens is 1. The van der Waals surface area contributed by atoms with Gasteiger partial charge in [0.2, 0.25) is 0 Å². The predicted molar refractivity (Wildman–Crippen MR) is 125 cm³/mol. The number of guanidine groups is 1. The Morgan fingerprint density at radius 3 is 2.39 bits per heavy atom. The molecule has 1 heterocycles. The Morgan fingerprint density at radius 2 is 1.86 bits per heavy atom. The summed E-state index contributed by atoms with van der Waals surface area (Å²) in [5, 5.41) is 9.91. The summed E-state index contributed by atoms with van der Waals surface area (Å²) in [6, 6.07) is 0.524. The minimum Gasteiger partial charge on any atom is -0.450 e. The average Bonchev–Trinajstić information content (AvgIpc) is 3.45. The molecule has 0 aromatic heterocycles. The largest absolute Gasteiger partial charge is 0.450 e. The summed E-state index contributed by atoms with van der Waals surface area (Å²) in [5.74, 6) is 2.11. The lowest BCUT2D eigenvalue weighted by Gasteiger charge is -2.34. The van der Waals surface area contributed by atoms with E-state index in [1.54, 1.807) is 0 Å². The number of hydrogen-bond donors (Lipinski definition) is 3. The molecule has 1 atom stereocenters. The second-order valence-electron chi connectivity index (χ2n) is 8.14. The first-order chi connectivity index (χ1) is 13.0. The maximum absolute atomic E-state index is 11.8. The van der Waals surface area contributed by atoms with Crippen LogP contribution in [0.15, 0.2) is 4.99 Å².